The molecular formula is C29H39N4O6+. The highest BCUT2D eigenvalue weighted by atomic mass is 16.6. The number of nitrogens with one attached hydrogen (secondary N) is 1. The number of ether oxygens (including phenoxy) is 2. The summed E-state index contributed by atoms with van der Waals surface area (Å²) in [5.74, 6) is -1.25. The van der Waals surface area contributed by atoms with Crippen molar-refractivity contribution in [2.24, 2.45) is 0 Å². The minimum absolute atomic E-state index is 0.0390. The van der Waals surface area contributed by atoms with Crippen molar-refractivity contribution in [3.05, 3.63) is 58.4 Å². The molecule has 0 saturated heterocycles. The Bertz CT molecular complexity index is 1260. The van der Waals surface area contributed by atoms with Gasteiger partial charge in [0.15, 0.2) is 18.4 Å². The average molecular weight is 540 g/mol. The predicted molar refractivity (Wildman–Crippen MR) is 147 cm³/mol. The van der Waals surface area contributed by atoms with Crippen LogP contribution < -0.4 is 10.1 Å². The molecule has 1 atom stereocenters. The topological polar surface area (TPSA) is 121 Å². The van der Waals surface area contributed by atoms with Crippen LogP contribution in [0, 0.1) is 13.8 Å². The fraction of sp³-hybridized carbons (Fsp3) is 0.483. The summed E-state index contributed by atoms with van der Waals surface area (Å²) in [7, 11) is 0. The normalized spacial score (nSPS) is 15.1. The van der Waals surface area contributed by atoms with Gasteiger partial charge in [0, 0.05) is 26.2 Å². The number of carboxylic acids is 1. The van der Waals surface area contributed by atoms with Crippen LogP contribution in [0.2, 0.25) is 0 Å². The zero-order chi connectivity index (χ0) is 28.9. The third-order valence-electron chi connectivity index (χ3n) is 6.26. The van der Waals surface area contributed by atoms with Crippen molar-refractivity contribution < 1.29 is 33.5 Å². The largest absolute Gasteiger partial charge is 0.596 e. The van der Waals surface area contributed by atoms with E-state index >= 15 is 0 Å². The molecule has 0 bridgehead atoms. The summed E-state index contributed by atoms with van der Waals surface area (Å²) in [6, 6.07) is 6.78. The predicted octanol–water partition coefficient (Wildman–Crippen LogP) is 3.99. The monoisotopic (exact) mass is 539 g/mol. The van der Waals surface area contributed by atoms with E-state index in [4.69, 9.17) is 9.47 Å². The number of aryl methyl sites for hydroxylation is 2. The third kappa shape index (κ3) is 7.86. The van der Waals surface area contributed by atoms with E-state index < -0.39 is 23.6 Å². The number of rotatable bonds is 8. The lowest BCUT2D eigenvalue weighted by Gasteiger charge is -2.30. The molecule has 1 aromatic heterocycles. The number of amides is 2. The first kappa shape index (κ1) is 29.8. The molecule has 10 nitrogen and oxygen atoms in total. The number of hydrogen-bond donors (Lipinski definition) is 2. The second-order valence-electron chi connectivity index (χ2n) is 10.8. The van der Waals surface area contributed by atoms with E-state index in [-0.39, 0.29) is 23.0 Å². The zero-order valence-corrected chi connectivity index (χ0v) is 23.8. The molecular weight excluding hydrogens is 500 g/mol. The van der Waals surface area contributed by atoms with Gasteiger partial charge in [-0.1, -0.05) is 6.07 Å². The number of aromatic carboxylic acids is 1. The van der Waals surface area contributed by atoms with E-state index in [1.165, 1.54) is 6.07 Å². The summed E-state index contributed by atoms with van der Waals surface area (Å²) in [6.07, 6.45) is 0.829. The molecule has 10 heteroatoms. The lowest BCUT2D eigenvalue weighted by atomic mass is 10.0. The first-order valence-corrected chi connectivity index (χ1v) is 13.1. The lowest BCUT2D eigenvalue weighted by Crippen LogP contribution is -2.48. The van der Waals surface area contributed by atoms with Crippen molar-refractivity contribution in [3.8, 4) is 5.75 Å². The van der Waals surface area contributed by atoms with Gasteiger partial charge in [0.25, 0.3) is 5.91 Å². The Morgan fingerprint density at radius 3 is 2.44 bits per heavy atom. The maximum atomic E-state index is 12.9. The summed E-state index contributed by atoms with van der Waals surface area (Å²) in [5.41, 5.74) is 2.62. The van der Waals surface area contributed by atoms with Crippen LogP contribution in [0.25, 0.3) is 0 Å². The zero-order valence-electron chi connectivity index (χ0n) is 23.8. The Kier molecular flexibility index (Phi) is 9.45. The summed E-state index contributed by atoms with van der Waals surface area (Å²) in [5, 5.41) is 12.4. The van der Waals surface area contributed by atoms with Crippen molar-refractivity contribution >= 4 is 23.7 Å². The molecule has 0 saturated carbocycles. The number of benzene rings is 1. The number of carboxylic acid groups (broad SMARTS) is 1. The molecule has 39 heavy (non-hydrogen) atoms. The number of carbonyl (C=O) groups is 3. The minimum Gasteiger partial charge on any atom is -0.482 e. The fourth-order valence-corrected chi connectivity index (χ4v) is 4.33. The second-order valence-corrected chi connectivity index (χ2v) is 10.8. The van der Waals surface area contributed by atoms with Crippen molar-refractivity contribution in [1.29, 1.82) is 0 Å². The van der Waals surface area contributed by atoms with Gasteiger partial charge in [-0.15, -0.1) is 4.58 Å². The smallest absolute Gasteiger partial charge is 0.482 e. The fourth-order valence-electron chi connectivity index (χ4n) is 4.33. The Morgan fingerprint density at radius 1 is 1.15 bits per heavy atom. The molecule has 1 aliphatic heterocycles. The van der Waals surface area contributed by atoms with E-state index in [2.05, 4.69) is 15.2 Å². The first-order valence-electron chi connectivity index (χ1n) is 13.1. The number of hydrogen-bond acceptors (Lipinski definition) is 7. The number of pyridine rings is 1. The van der Waals surface area contributed by atoms with E-state index in [1.54, 1.807) is 30.7 Å². The summed E-state index contributed by atoms with van der Waals surface area (Å²) >= 11 is 0. The quantitative estimate of drug-likeness (QED) is 0.483. The maximum absolute atomic E-state index is 12.9. The molecule has 2 amide bonds. The lowest BCUT2D eigenvalue weighted by molar-refractivity contribution is -0.458. The van der Waals surface area contributed by atoms with Gasteiger partial charge < -0.3 is 19.9 Å². The Morgan fingerprint density at radius 2 is 1.87 bits per heavy atom. The van der Waals surface area contributed by atoms with Crippen molar-refractivity contribution in [2.45, 2.75) is 60.2 Å². The van der Waals surface area contributed by atoms with Crippen molar-refractivity contribution in [2.75, 3.05) is 32.7 Å². The molecule has 1 aliphatic rings. The van der Waals surface area contributed by atoms with Crippen molar-refractivity contribution in [1.82, 2.24) is 15.2 Å². The highest BCUT2D eigenvalue weighted by molar-refractivity contribution is 6.00. The summed E-state index contributed by atoms with van der Waals surface area (Å²) in [6.45, 7) is 15.2. The van der Waals surface area contributed by atoms with Crippen LogP contribution in [-0.4, -0.2) is 81.6 Å². The van der Waals surface area contributed by atoms with Gasteiger partial charge in [-0.2, -0.15) is 4.79 Å². The van der Waals surface area contributed by atoms with Crippen molar-refractivity contribution in [3.63, 3.8) is 0 Å². The van der Waals surface area contributed by atoms with Crippen LogP contribution >= 0.6 is 0 Å². The standard InChI is InChI=1S/C29H38N4O6/c1-8-30-26(34)22-14-21(27(35)36)19(3)13-24(22)38-25(23-10-9-18(2)15-31-23)17-32-11-12-33(20(4)16-32)28(37)39-29(5,6)7/h9-10,13-15,25H,8,11-12,16-17H2,1-7H3,(H-,30,34,35,36)/p+1/t25-/m1/s1. The Labute approximate surface area is 229 Å². The molecule has 0 spiro atoms. The Balaban J connectivity index is 1.93. The molecule has 0 radical (unpaired) electrons. The average Bonchev–Trinajstić information content (AvgIpc) is 2.83. The van der Waals surface area contributed by atoms with Gasteiger partial charge in [0.2, 0.25) is 0 Å². The van der Waals surface area contributed by atoms with E-state index in [0.717, 1.165) is 11.3 Å². The molecule has 1 aromatic carbocycles. The number of nitrogens with zero attached hydrogens (tertiary/aromatic N) is 3. The molecule has 210 valence electrons. The Hall–Kier alpha value is -3.79. The molecule has 0 aliphatic carbocycles. The van der Waals surface area contributed by atoms with Gasteiger partial charge in [-0.05, 0) is 70.9 Å². The van der Waals surface area contributed by atoms with E-state index in [0.29, 0.717) is 44.0 Å². The van der Waals surface area contributed by atoms with Crippen LogP contribution in [0.5, 0.6) is 5.75 Å². The molecule has 3 rings (SSSR count). The maximum Gasteiger partial charge on any atom is 0.596 e. The number of carbonyl (C=O) groups excluding carboxylic acids is 2. The van der Waals surface area contributed by atoms with Gasteiger partial charge in [-0.3, -0.25) is 14.7 Å². The third-order valence-corrected chi connectivity index (χ3v) is 6.26. The van der Waals surface area contributed by atoms with Crippen LogP contribution in [-0.2, 0) is 4.74 Å². The van der Waals surface area contributed by atoms with Crippen LogP contribution in [0.4, 0.5) is 4.79 Å². The minimum atomic E-state index is -1.12. The van der Waals surface area contributed by atoms with E-state index in [1.807, 2.05) is 46.8 Å². The first-order chi connectivity index (χ1) is 18.3. The van der Waals surface area contributed by atoms with Gasteiger partial charge in [0.1, 0.15) is 11.4 Å². The SMILES string of the molecule is CCNC(=O)c1cc(C(=O)O)c(C)cc1O[C@H](CN1CC[N+](C(=O)OC(C)(C)C)=C(C)C1)c1ccc(C)cn1. The highest BCUT2D eigenvalue weighted by Gasteiger charge is 2.34. The molecule has 2 heterocycles. The second kappa shape index (κ2) is 12.4. The molecule has 2 N–H and O–H groups in total. The van der Waals surface area contributed by atoms with E-state index in [9.17, 15) is 19.5 Å². The summed E-state index contributed by atoms with van der Waals surface area (Å²) in [4.78, 5) is 44.0. The van der Waals surface area contributed by atoms with Crippen LogP contribution in [0.15, 0.2) is 30.5 Å². The van der Waals surface area contributed by atoms with Gasteiger partial charge in [-0.25, -0.2) is 4.79 Å². The van der Waals surface area contributed by atoms with Gasteiger partial charge in [0.05, 0.1) is 29.9 Å². The summed E-state index contributed by atoms with van der Waals surface area (Å²) < 4.78 is 13.7. The molecule has 2 aromatic rings. The number of aromatic nitrogens is 1. The van der Waals surface area contributed by atoms with Gasteiger partial charge >= 0.3 is 12.1 Å². The molecule has 0 fully saturated rings. The molecule has 0 unspecified atom stereocenters. The van der Waals surface area contributed by atoms with Crippen LogP contribution in [0.1, 0.15) is 78.3 Å². The van der Waals surface area contributed by atoms with Crippen LogP contribution in [0.3, 0.4) is 0 Å². The highest BCUT2D eigenvalue weighted by Crippen LogP contribution is 2.29.